The molecule has 24 heavy (non-hydrogen) atoms. The van der Waals surface area contributed by atoms with Gasteiger partial charge in [-0.25, -0.2) is 0 Å². The molecule has 3 aromatic rings. The molecule has 0 aliphatic rings. The molecule has 5 nitrogen and oxygen atoms in total. The second kappa shape index (κ2) is 6.66. The van der Waals surface area contributed by atoms with Crippen molar-refractivity contribution in [3.63, 3.8) is 0 Å². The zero-order valence-electron chi connectivity index (χ0n) is 14.0. The van der Waals surface area contributed by atoms with Gasteiger partial charge in [-0.2, -0.15) is 0 Å². The highest BCUT2D eigenvalue weighted by atomic mass is 16.4. The van der Waals surface area contributed by atoms with Gasteiger partial charge >= 0.3 is 6.01 Å². The third-order valence-corrected chi connectivity index (χ3v) is 3.65. The van der Waals surface area contributed by atoms with Crippen molar-refractivity contribution in [3.05, 3.63) is 76.2 Å². The van der Waals surface area contributed by atoms with E-state index in [0.717, 1.165) is 16.7 Å². The summed E-state index contributed by atoms with van der Waals surface area (Å²) in [5, 5.41) is 10.5. The average molecular weight is 321 g/mol. The Balaban J connectivity index is 1.69. The minimum atomic E-state index is -0.257. The molecule has 0 saturated heterocycles. The molecule has 5 heteroatoms. The number of hydrogen-bond donors (Lipinski definition) is 1. The molecule has 0 unspecified atom stereocenters. The number of carbonyl (C=O) groups excluding carboxylic acids is 1. The Bertz CT molecular complexity index is 846. The van der Waals surface area contributed by atoms with Crippen molar-refractivity contribution in [2.45, 2.75) is 27.2 Å². The molecule has 3 rings (SSSR count). The molecule has 0 aliphatic carbocycles. The summed E-state index contributed by atoms with van der Waals surface area (Å²) in [5.41, 5.74) is 4.92. The first kappa shape index (κ1) is 15.9. The van der Waals surface area contributed by atoms with E-state index in [1.807, 2.05) is 63.2 Å². The number of nitrogens with zero attached hydrogens (tertiary/aromatic N) is 2. The highest BCUT2D eigenvalue weighted by Crippen LogP contribution is 2.14. The number of aryl methyl sites for hydroxylation is 3. The van der Waals surface area contributed by atoms with Gasteiger partial charge < -0.3 is 4.42 Å². The number of anilines is 1. The topological polar surface area (TPSA) is 68.0 Å². The van der Waals surface area contributed by atoms with Gasteiger partial charge in [0.25, 0.3) is 5.91 Å². The number of hydrogen-bond acceptors (Lipinski definition) is 4. The van der Waals surface area contributed by atoms with Crippen LogP contribution in [0.15, 0.2) is 46.9 Å². The summed E-state index contributed by atoms with van der Waals surface area (Å²) in [6, 6.07) is 13.9. The predicted molar refractivity (Wildman–Crippen MR) is 92.2 cm³/mol. The molecule has 0 radical (unpaired) electrons. The maximum Gasteiger partial charge on any atom is 0.322 e. The van der Waals surface area contributed by atoms with Crippen LogP contribution in [0.2, 0.25) is 0 Å². The zero-order valence-corrected chi connectivity index (χ0v) is 14.0. The van der Waals surface area contributed by atoms with Crippen LogP contribution in [0.4, 0.5) is 6.01 Å². The molecular weight excluding hydrogens is 302 g/mol. The molecule has 0 atom stereocenters. The minimum absolute atomic E-state index is 0.112. The number of benzene rings is 2. The third kappa shape index (κ3) is 3.87. The van der Waals surface area contributed by atoms with Gasteiger partial charge in [0.2, 0.25) is 5.89 Å². The molecule has 0 spiro atoms. The highest BCUT2D eigenvalue weighted by Gasteiger charge is 2.12. The number of nitrogens with one attached hydrogen (secondary N) is 1. The monoisotopic (exact) mass is 321 g/mol. The summed E-state index contributed by atoms with van der Waals surface area (Å²) >= 11 is 0. The Kier molecular flexibility index (Phi) is 4.42. The van der Waals surface area contributed by atoms with Gasteiger partial charge in [0, 0.05) is 5.56 Å². The lowest BCUT2D eigenvalue weighted by Gasteiger charge is -2.03. The Morgan fingerprint density at radius 2 is 1.62 bits per heavy atom. The van der Waals surface area contributed by atoms with E-state index in [2.05, 4.69) is 15.5 Å². The van der Waals surface area contributed by atoms with E-state index < -0.39 is 0 Å². The Morgan fingerprint density at radius 3 is 2.29 bits per heavy atom. The Morgan fingerprint density at radius 1 is 0.958 bits per heavy atom. The van der Waals surface area contributed by atoms with Gasteiger partial charge in [0.1, 0.15) is 0 Å². The van der Waals surface area contributed by atoms with Crippen molar-refractivity contribution in [1.29, 1.82) is 0 Å². The van der Waals surface area contributed by atoms with Crippen LogP contribution in [0.1, 0.15) is 38.5 Å². The van der Waals surface area contributed by atoms with E-state index in [-0.39, 0.29) is 11.9 Å². The Labute approximate surface area is 140 Å². The minimum Gasteiger partial charge on any atom is -0.407 e. The number of aromatic nitrogens is 2. The molecule has 0 aliphatic heterocycles. The van der Waals surface area contributed by atoms with Crippen molar-refractivity contribution in [2.24, 2.45) is 0 Å². The molecular formula is C19H19N3O2. The molecule has 122 valence electrons. The second-order valence-corrected chi connectivity index (χ2v) is 5.99. The SMILES string of the molecule is Cc1ccc(Cc2nnc(NC(=O)c3cc(C)cc(C)c3)o2)cc1. The summed E-state index contributed by atoms with van der Waals surface area (Å²) in [6.07, 6.45) is 0.534. The smallest absolute Gasteiger partial charge is 0.322 e. The van der Waals surface area contributed by atoms with Crippen LogP contribution >= 0.6 is 0 Å². The van der Waals surface area contributed by atoms with Crippen LogP contribution in [0.25, 0.3) is 0 Å². The molecule has 1 N–H and O–H groups in total. The standard InChI is InChI=1S/C19H19N3O2/c1-12-4-6-15(7-5-12)11-17-21-22-19(24-17)20-18(23)16-9-13(2)8-14(3)10-16/h4-10H,11H2,1-3H3,(H,20,22,23). The molecule has 0 fully saturated rings. The van der Waals surface area contributed by atoms with E-state index in [9.17, 15) is 4.79 Å². The van der Waals surface area contributed by atoms with Crippen molar-refractivity contribution in [1.82, 2.24) is 10.2 Å². The fourth-order valence-corrected chi connectivity index (χ4v) is 2.53. The van der Waals surface area contributed by atoms with E-state index >= 15 is 0 Å². The van der Waals surface area contributed by atoms with Crippen molar-refractivity contribution < 1.29 is 9.21 Å². The first-order valence-electron chi connectivity index (χ1n) is 7.77. The lowest BCUT2D eigenvalue weighted by atomic mass is 10.1. The number of rotatable bonds is 4. The van der Waals surface area contributed by atoms with E-state index in [4.69, 9.17) is 4.42 Å². The van der Waals surface area contributed by atoms with Gasteiger partial charge in [-0.1, -0.05) is 52.1 Å². The zero-order chi connectivity index (χ0) is 17.1. The average Bonchev–Trinajstić information content (AvgIpc) is 2.95. The van der Waals surface area contributed by atoms with E-state index in [1.54, 1.807) is 0 Å². The van der Waals surface area contributed by atoms with Gasteiger partial charge in [-0.05, 0) is 38.5 Å². The van der Waals surface area contributed by atoms with Crippen LogP contribution in [0.5, 0.6) is 0 Å². The summed E-state index contributed by atoms with van der Waals surface area (Å²) in [5.74, 6) is 0.210. The normalized spacial score (nSPS) is 10.6. The van der Waals surface area contributed by atoms with Crippen LogP contribution in [-0.2, 0) is 6.42 Å². The first-order chi connectivity index (χ1) is 11.5. The summed E-state index contributed by atoms with van der Waals surface area (Å²) in [7, 11) is 0. The van der Waals surface area contributed by atoms with Gasteiger partial charge in [0.15, 0.2) is 0 Å². The second-order valence-electron chi connectivity index (χ2n) is 5.99. The highest BCUT2D eigenvalue weighted by molar-refractivity contribution is 6.03. The summed E-state index contributed by atoms with van der Waals surface area (Å²) < 4.78 is 5.52. The lowest BCUT2D eigenvalue weighted by molar-refractivity contribution is 0.102. The van der Waals surface area contributed by atoms with Gasteiger partial charge in [-0.3, -0.25) is 10.1 Å². The van der Waals surface area contributed by atoms with E-state index in [1.165, 1.54) is 5.56 Å². The first-order valence-corrected chi connectivity index (χ1v) is 7.77. The summed E-state index contributed by atoms with van der Waals surface area (Å²) in [6.45, 7) is 5.95. The molecule has 1 aromatic heterocycles. The van der Waals surface area contributed by atoms with Crippen LogP contribution < -0.4 is 5.32 Å². The Hall–Kier alpha value is -2.95. The van der Waals surface area contributed by atoms with Crippen LogP contribution in [-0.4, -0.2) is 16.1 Å². The van der Waals surface area contributed by atoms with Gasteiger partial charge in [-0.15, -0.1) is 5.10 Å². The molecule has 0 saturated carbocycles. The molecule has 1 heterocycles. The molecule has 2 aromatic carbocycles. The third-order valence-electron chi connectivity index (χ3n) is 3.65. The number of amides is 1. The fraction of sp³-hybridized carbons (Fsp3) is 0.211. The largest absolute Gasteiger partial charge is 0.407 e. The quantitative estimate of drug-likeness (QED) is 0.793. The van der Waals surface area contributed by atoms with E-state index in [0.29, 0.717) is 17.9 Å². The molecule has 0 bridgehead atoms. The fourth-order valence-electron chi connectivity index (χ4n) is 2.53. The maximum absolute atomic E-state index is 12.3. The van der Waals surface area contributed by atoms with Crippen molar-refractivity contribution >= 4 is 11.9 Å². The summed E-state index contributed by atoms with van der Waals surface area (Å²) in [4.78, 5) is 12.3. The van der Waals surface area contributed by atoms with Crippen molar-refractivity contribution in [3.8, 4) is 0 Å². The maximum atomic E-state index is 12.3. The number of carbonyl (C=O) groups is 1. The predicted octanol–water partition coefficient (Wildman–Crippen LogP) is 3.84. The van der Waals surface area contributed by atoms with Crippen LogP contribution in [0, 0.1) is 20.8 Å². The van der Waals surface area contributed by atoms with Crippen LogP contribution in [0.3, 0.4) is 0 Å². The van der Waals surface area contributed by atoms with Crippen molar-refractivity contribution in [2.75, 3.05) is 5.32 Å². The molecule has 1 amide bonds. The van der Waals surface area contributed by atoms with Gasteiger partial charge in [0.05, 0.1) is 6.42 Å². The lowest BCUT2D eigenvalue weighted by Crippen LogP contribution is -2.12.